The third kappa shape index (κ3) is 2.46. The number of rotatable bonds is 5. The van der Waals surface area contributed by atoms with E-state index in [9.17, 15) is 8.42 Å². The molecule has 2 N–H and O–H groups in total. The summed E-state index contributed by atoms with van der Waals surface area (Å²) in [6.45, 7) is 2.03. The first-order valence-corrected chi connectivity index (χ1v) is 8.01. The van der Waals surface area contributed by atoms with Crippen LogP contribution in [0.25, 0.3) is 0 Å². The van der Waals surface area contributed by atoms with Gasteiger partial charge in [0.1, 0.15) is 0 Å². The summed E-state index contributed by atoms with van der Waals surface area (Å²) in [6.07, 6.45) is 6.02. The van der Waals surface area contributed by atoms with Gasteiger partial charge in [0.05, 0.1) is 4.90 Å². The minimum absolute atomic E-state index is 0.400. The molecule has 1 aliphatic carbocycles. The number of nitrogens with one attached hydrogen (secondary N) is 2. The van der Waals surface area contributed by atoms with E-state index in [0.29, 0.717) is 24.0 Å². The zero-order valence-corrected chi connectivity index (χ0v) is 11.2. The molecule has 0 bridgehead atoms. The van der Waals surface area contributed by atoms with Crippen molar-refractivity contribution in [1.82, 2.24) is 14.6 Å². The van der Waals surface area contributed by atoms with Gasteiger partial charge in [-0.2, -0.15) is 4.31 Å². The van der Waals surface area contributed by atoms with Gasteiger partial charge in [0.25, 0.3) is 0 Å². The van der Waals surface area contributed by atoms with E-state index in [1.54, 1.807) is 16.6 Å². The molecule has 3 rings (SSSR count). The molecule has 1 saturated carbocycles. The third-order valence-corrected chi connectivity index (χ3v) is 5.45. The van der Waals surface area contributed by atoms with Gasteiger partial charge < -0.3 is 10.3 Å². The summed E-state index contributed by atoms with van der Waals surface area (Å²) in [6, 6.07) is 2.38. The molecule has 2 aliphatic rings. The molecule has 100 valence electrons. The molecule has 6 heteroatoms. The van der Waals surface area contributed by atoms with E-state index in [4.69, 9.17) is 0 Å². The highest BCUT2D eigenvalue weighted by Crippen LogP contribution is 2.22. The summed E-state index contributed by atoms with van der Waals surface area (Å²) < 4.78 is 26.1. The molecule has 18 heavy (non-hydrogen) atoms. The fourth-order valence-corrected chi connectivity index (χ4v) is 3.83. The van der Waals surface area contributed by atoms with Gasteiger partial charge >= 0.3 is 0 Å². The Kier molecular flexibility index (Phi) is 3.17. The number of sulfonamides is 1. The summed E-state index contributed by atoms with van der Waals surface area (Å²) in [5.74, 6) is 0. The molecule has 0 unspecified atom stereocenters. The maximum atomic E-state index is 12.3. The van der Waals surface area contributed by atoms with Crippen LogP contribution in [-0.4, -0.2) is 36.8 Å². The lowest BCUT2D eigenvalue weighted by atomic mass is 10.4. The van der Waals surface area contributed by atoms with Crippen molar-refractivity contribution in [3.63, 3.8) is 0 Å². The molecule has 1 saturated heterocycles. The van der Waals surface area contributed by atoms with Gasteiger partial charge in [-0.05, 0) is 31.7 Å². The number of aromatic amines is 1. The lowest BCUT2D eigenvalue weighted by Gasteiger charge is -2.13. The van der Waals surface area contributed by atoms with Gasteiger partial charge in [0, 0.05) is 37.6 Å². The molecule has 0 amide bonds. The summed E-state index contributed by atoms with van der Waals surface area (Å²) in [5.41, 5.74) is 0.944. The fraction of sp³-hybridized carbons (Fsp3) is 0.667. The predicted octanol–water partition coefficient (Wildman–Crippen LogP) is 1.05. The van der Waals surface area contributed by atoms with Crippen molar-refractivity contribution in [3.05, 3.63) is 18.0 Å². The first kappa shape index (κ1) is 12.2. The summed E-state index contributed by atoms with van der Waals surface area (Å²) >= 11 is 0. The fourth-order valence-electron chi connectivity index (χ4n) is 2.29. The molecular formula is C12H19N3O2S. The first-order chi connectivity index (χ1) is 8.66. The van der Waals surface area contributed by atoms with E-state index in [1.165, 1.54) is 12.8 Å². The first-order valence-electron chi connectivity index (χ1n) is 6.57. The van der Waals surface area contributed by atoms with Crippen LogP contribution in [0.1, 0.15) is 31.4 Å². The molecule has 1 aromatic heterocycles. The second-order valence-corrected chi connectivity index (χ2v) is 7.06. The SMILES string of the molecule is O=S(=O)(c1c[nH]c(CNC2CC2)c1)N1CCCC1. The van der Waals surface area contributed by atoms with Gasteiger partial charge in [-0.1, -0.05) is 0 Å². The van der Waals surface area contributed by atoms with Crippen LogP contribution in [0.2, 0.25) is 0 Å². The van der Waals surface area contributed by atoms with Gasteiger partial charge in [-0.3, -0.25) is 0 Å². The summed E-state index contributed by atoms with van der Waals surface area (Å²) in [4.78, 5) is 3.45. The average Bonchev–Trinajstić information content (AvgIpc) is 2.87. The van der Waals surface area contributed by atoms with Crippen LogP contribution >= 0.6 is 0 Å². The smallest absolute Gasteiger partial charge is 0.244 e. The number of hydrogen-bond acceptors (Lipinski definition) is 3. The van der Waals surface area contributed by atoms with Crippen LogP contribution in [-0.2, 0) is 16.6 Å². The maximum absolute atomic E-state index is 12.3. The van der Waals surface area contributed by atoms with Crippen LogP contribution < -0.4 is 5.32 Å². The second-order valence-electron chi connectivity index (χ2n) is 5.13. The van der Waals surface area contributed by atoms with E-state index in [0.717, 1.165) is 25.1 Å². The van der Waals surface area contributed by atoms with Crippen molar-refractivity contribution < 1.29 is 8.42 Å². The topological polar surface area (TPSA) is 65.2 Å². The van der Waals surface area contributed by atoms with Crippen molar-refractivity contribution in [2.45, 2.75) is 43.2 Å². The number of nitrogens with zero attached hydrogens (tertiary/aromatic N) is 1. The lowest BCUT2D eigenvalue weighted by Crippen LogP contribution is -2.27. The zero-order chi connectivity index (χ0) is 12.6. The van der Waals surface area contributed by atoms with E-state index >= 15 is 0 Å². The van der Waals surface area contributed by atoms with Crippen molar-refractivity contribution in [2.75, 3.05) is 13.1 Å². The summed E-state index contributed by atoms with van der Waals surface area (Å²) in [5, 5.41) is 3.37. The molecule has 2 fully saturated rings. The van der Waals surface area contributed by atoms with Gasteiger partial charge in [-0.15, -0.1) is 0 Å². The number of aromatic nitrogens is 1. The Bertz CT molecular complexity index is 513. The van der Waals surface area contributed by atoms with Crippen molar-refractivity contribution in [3.8, 4) is 0 Å². The Balaban J connectivity index is 1.70. The van der Waals surface area contributed by atoms with E-state index < -0.39 is 10.0 Å². The molecule has 5 nitrogen and oxygen atoms in total. The molecule has 0 spiro atoms. The van der Waals surface area contributed by atoms with Crippen LogP contribution in [0.3, 0.4) is 0 Å². The average molecular weight is 269 g/mol. The maximum Gasteiger partial charge on any atom is 0.244 e. The van der Waals surface area contributed by atoms with Crippen molar-refractivity contribution in [1.29, 1.82) is 0 Å². The quantitative estimate of drug-likeness (QED) is 0.840. The minimum Gasteiger partial charge on any atom is -0.363 e. The lowest BCUT2D eigenvalue weighted by molar-refractivity contribution is 0.477. The molecule has 0 atom stereocenters. The number of H-pyrrole nitrogens is 1. The standard InChI is InChI=1S/C12H19N3O2S/c16-18(17,15-5-1-2-6-15)12-7-11(14-9-12)8-13-10-3-4-10/h7,9-10,13-14H,1-6,8H2. The van der Waals surface area contributed by atoms with E-state index in [1.807, 2.05) is 0 Å². The van der Waals surface area contributed by atoms with Gasteiger partial charge in [0.2, 0.25) is 10.0 Å². The Labute approximate surface area is 108 Å². The minimum atomic E-state index is -3.27. The highest BCUT2D eigenvalue weighted by atomic mass is 32.2. The highest BCUT2D eigenvalue weighted by molar-refractivity contribution is 7.89. The monoisotopic (exact) mass is 269 g/mol. The highest BCUT2D eigenvalue weighted by Gasteiger charge is 2.28. The third-order valence-electron chi connectivity index (χ3n) is 3.58. The zero-order valence-electron chi connectivity index (χ0n) is 10.4. The van der Waals surface area contributed by atoms with Crippen LogP contribution in [0.5, 0.6) is 0 Å². The molecule has 2 heterocycles. The molecular weight excluding hydrogens is 250 g/mol. The largest absolute Gasteiger partial charge is 0.363 e. The van der Waals surface area contributed by atoms with E-state index in [2.05, 4.69) is 10.3 Å². The van der Waals surface area contributed by atoms with Crippen LogP contribution in [0, 0.1) is 0 Å². The Hall–Kier alpha value is -0.850. The molecule has 1 aliphatic heterocycles. The van der Waals surface area contributed by atoms with Crippen molar-refractivity contribution in [2.24, 2.45) is 0 Å². The summed E-state index contributed by atoms with van der Waals surface area (Å²) in [7, 11) is -3.27. The Morgan fingerprint density at radius 1 is 1.33 bits per heavy atom. The second kappa shape index (κ2) is 4.68. The van der Waals surface area contributed by atoms with Crippen molar-refractivity contribution >= 4 is 10.0 Å². The van der Waals surface area contributed by atoms with Gasteiger partial charge in [0.15, 0.2) is 0 Å². The van der Waals surface area contributed by atoms with Crippen LogP contribution in [0.15, 0.2) is 17.2 Å². The van der Waals surface area contributed by atoms with E-state index in [-0.39, 0.29) is 0 Å². The van der Waals surface area contributed by atoms with Crippen LogP contribution in [0.4, 0.5) is 0 Å². The molecule has 1 aromatic rings. The Morgan fingerprint density at radius 3 is 2.72 bits per heavy atom. The normalized spacial score (nSPS) is 21.6. The predicted molar refractivity (Wildman–Crippen MR) is 68.6 cm³/mol. The molecule has 0 aromatic carbocycles. The van der Waals surface area contributed by atoms with Gasteiger partial charge in [-0.25, -0.2) is 8.42 Å². The number of hydrogen-bond donors (Lipinski definition) is 2. The molecule has 0 radical (unpaired) electrons. The Morgan fingerprint density at radius 2 is 2.06 bits per heavy atom.